The van der Waals surface area contributed by atoms with Crippen molar-refractivity contribution in [2.45, 2.75) is 19.8 Å². The summed E-state index contributed by atoms with van der Waals surface area (Å²) >= 11 is 0. The molecule has 2 heteroatoms. The van der Waals surface area contributed by atoms with Crippen LogP contribution in [0.5, 0.6) is 0 Å². The molecule has 0 aliphatic rings. The minimum absolute atomic E-state index is 0.0513. The van der Waals surface area contributed by atoms with Gasteiger partial charge in [-0.3, -0.25) is 4.79 Å². The third kappa shape index (κ3) is 3.64. The average Bonchev–Trinajstić information content (AvgIpc) is 2.46. The van der Waals surface area contributed by atoms with Crippen LogP contribution < -0.4 is 0 Å². The summed E-state index contributed by atoms with van der Waals surface area (Å²) in [4.78, 5) is 12.0. The lowest BCUT2D eigenvalue weighted by Gasteiger charge is -2.05. The fraction of sp³-hybridized carbons (Fsp3) is 0.167. The fourth-order valence-electron chi connectivity index (χ4n) is 1.87. The summed E-state index contributed by atoms with van der Waals surface area (Å²) in [6, 6.07) is 13.7. The third-order valence-corrected chi connectivity index (χ3v) is 3.16. The zero-order chi connectivity index (χ0) is 14.5. The minimum Gasteiger partial charge on any atom is -0.289 e. The largest absolute Gasteiger partial charge is 0.289 e. The molecule has 0 bridgehead atoms. The van der Waals surface area contributed by atoms with E-state index in [0.29, 0.717) is 11.5 Å². The summed E-state index contributed by atoms with van der Waals surface area (Å²) in [5.41, 5.74) is 2.68. The van der Waals surface area contributed by atoms with Crippen LogP contribution in [0.2, 0.25) is 0 Å². The molecule has 2 aromatic rings. The summed E-state index contributed by atoms with van der Waals surface area (Å²) in [6.45, 7) is 4.23. The van der Waals surface area contributed by atoms with E-state index < -0.39 is 0 Å². The maximum absolute atomic E-state index is 12.8. The molecule has 0 saturated carbocycles. The predicted molar refractivity (Wildman–Crippen MR) is 80.3 cm³/mol. The zero-order valence-electron chi connectivity index (χ0n) is 11.6. The Balaban J connectivity index is 2.09. The van der Waals surface area contributed by atoms with Crippen molar-refractivity contribution in [3.8, 4) is 0 Å². The van der Waals surface area contributed by atoms with Crippen LogP contribution in [0.1, 0.15) is 41.3 Å². The van der Waals surface area contributed by atoms with Gasteiger partial charge in [-0.2, -0.15) is 0 Å². The highest BCUT2D eigenvalue weighted by Crippen LogP contribution is 2.15. The zero-order valence-corrected chi connectivity index (χ0v) is 11.6. The van der Waals surface area contributed by atoms with E-state index >= 15 is 0 Å². The van der Waals surface area contributed by atoms with Crippen LogP contribution in [0, 0.1) is 5.82 Å². The lowest BCUT2D eigenvalue weighted by Crippen LogP contribution is -1.95. The van der Waals surface area contributed by atoms with E-state index in [9.17, 15) is 9.18 Å². The molecule has 0 aliphatic carbocycles. The molecule has 0 spiro atoms. The van der Waals surface area contributed by atoms with Gasteiger partial charge in [-0.15, -0.1) is 0 Å². The second-order valence-electron chi connectivity index (χ2n) is 5.03. The molecule has 0 heterocycles. The number of carbonyl (C=O) groups excluding carboxylic acids is 1. The van der Waals surface area contributed by atoms with Crippen molar-refractivity contribution in [3.63, 3.8) is 0 Å². The number of hydrogen-bond donors (Lipinski definition) is 0. The van der Waals surface area contributed by atoms with E-state index in [4.69, 9.17) is 0 Å². The van der Waals surface area contributed by atoms with Crippen molar-refractivity contribution in [2.75, 3.05) is 0 Å². The molecule has 20 heavy (non-hydrogen) atoms. The number of carbonyl (C=O) groups is 1. The molecule has 1 nitrogen and oxygen atoms in total. The number of hydrogen-bond acceptors (Lipinski definition) is 1. The maximum atomic E-state index is 12.8. The smallest absolute Gasteiger partial charge is 0.185 e. The van der Waals surface area contributed by atoms with Crippen LogP contribution >= 0.6 is 0 Å². The maximum Gasteiger partial charge on any atom is 0.185 e. The number of halogens is 1. The van der Waals surface area contributed by atoms with Gasteiger partial charge in [-0.1, -0.05) is 56.3 Å². The van der Waals surface area contributed by atoms with Crippen molar-refractivity contribution in [1.29, 1.82) is 0 Å². The predicted octanol–water partition coefficient (Wildman–Crippen LogP) is 4.85. The van der Waals surface area contributed by atoms with Crippen LogP contribution in [-0.4, -0.2) is 5.78 Å². The van der Waals surface area contributed by atoms with E-state index in [1.807, 2.05) is 24.3 Å². The Morgan fingerprint density at radius 3 is 2.15 bits per heavy atom. The first kappa shape index (κ1) is 14.2. The first-order valence-corrected chi connectivity index (χ1v) is 6.64. The molecule has 102 valence electrons. The van der Waals surface area contributed by atoms with Gasteiger partial charge in [0.2, 0.25) is 0 Å². The summed E-state index contributed by atoms with van der Waals surface area (Å²) < 4.78 is 12.8. The van der Waals surface area contributed by atoms with E-state index in [-0.39, 0.29) is 11.6 Å². The van der Waals surface area contributed by atoms with Gasteiger partial charge in [-0.05, 0) is 35.3 Å². The number of ketones is 1. The summed E-state index contributed by atoms with van der Waals surface area (Å²) in [5.74, 6) is 0.122. The monoisotopic (exact) mass is 268 g/mol. The van der Waals surface area contributed by atoms with Crippen molar-refractivity contribution in [1.82, 2.24) is 0 Å². The highest BCUT2D eigenvalue weighted by molar-refractivity contribution is 6.06. The van der Waals surface area contributed by atoms with Crippen LogP contribution in [0.15, 0.2) is 54.6 Å². The summed E-state index contributed by atoms with van der Waals surface area (Å²) in [6.07, 6.45) is 3.20. The van der Waals surface area contributed by atoms with Crippen molar-refractivity contribution in [2.24, 2.45) is 0 Å². The quantitative estimate of drug-likeness (QED) is 0.572. The molecule has 0 atom stereocenters. The molecule has 0 radical (unpaired) electrons. The SMILES string of the molecule is CC(C)c1ccc(C(=O)C=Cc2ccc(F)cc2)cc1. The Bertz CT molecular complexity index is 607. The van der Waals surface area contributed by atoms with Gasteiger partial charge in [0.1, 0.15) is 5.82 Å². The molecule has 0 N–H and O–H groups in total. The van der Waals surface area contributed by atoms with E-state index in [0.717, 1.165) is 5.56 Å². The molecule has 0 amide bonds. The second-order valence-corrected chi connectivity index (χ2v) is 5.03. The molecular weight excluding hydrogens is 251 g/mol. The number of allylic oxidation sites excluding steroid dienone is 1. The molecule has 2 rings (SSSR count). The van der Waals surface area contributed by atoms with Gasteiger partial charge < -0.3 is 0 Å². The van der Waals surface area contributed by atoms with Gasteiger partial charge in [0.05, 0.1) is 0 Å². The Kier molecular flexibility index (Phi) is 4.46. The van der Waals surface area contributed by atoms with Gasteiger partial charge in [-0.25, -0.2) is 4.39 Å². The average molecular weight is 268 g/mol. The highest BCUT2D eigenvalue weighted by atomic mass is 19.1. The van der Waals surface area contributed by atoms with Gasteiger partial charge >= 0.3 is 0 Å². The summed E-state index contributed by atoms with van der Waals surface area (Å²) in [7, 11) is 0. The van der Waals surface area contributed by atoms with E-state index in [1.165, 1.54) is 23.8 Å². The molecule has 0 saturated heterocycles. The van der Waals surface area contributed by atoms with Crippen LogP contribution in [-0.2, 0) is 0 Å². The second kappa shape index (κ2) is 6.29. The standard InChI is InChI=1S/C18H17FO/c1-13(2)15-6-8-16(9-7-15)18(20)12-5-14-3-10-17(19)11-4-14/h3-13H,1-2H3. The molecule has 0 aromatic heterocycles. The molecular formula is C18H17FO. The fourth-order valence-corrected chi connectivity index (χ4v) is 1.87. The third-order valence-electron chi connectivity index (χ3n) is 3.16. The Labute approximate surface area is 118 Å². The van der Waals surface area contributed by atoms with Crippen LogP contribution in [0.25, 0.3) is 6.08 Å². The Hall–Kier alpha value is -2.22. The van der Waals surface area contributed by atoms with E-state index in [1.54, 1.807) is 18.2 Å². The van der Waals surface area contributed by atoms with Gasteiger partial charge in [0.25, 0.3) is 0 Å². The van der Waals surface area contributed by atoms with Crippen molar-refractivity contribution >= 4 is 11.9 Å². The van der Waals surface area contributed by atoms with Gasteiger partial charge in [0.15, 0.2) is 5.78 Å². The lowest BCUT2D eigenvalue weighted by molar-refractivity contribution is 0.104. The summed E-state index contributed by atoms with van der Waals surface area (Å²) in [5, 5.41) is 0. The lowest BCUT2D eigenvalue weighted by atomic mass is 10.0. The van der Waals surface area contributed by atoms with Crippen molar-refractivity contribution in [3.05, 3.63) is 77.1 Å². The van der Waals surface area contributed by atoms with Gasteiger partial charge in [0, 0.05) is 5.56 Å². The molecule has 0 aliphatic heterocycles. The molecule has 2 aromatic carbocycles. The van der Waals surface area contributed by atoms with E-state index in [2.05, 4.69) is 13.8 Å². The highest BCUT2D eigenvalue weighted by Gasteiger charge is 2.03. The first-order chi connectivity index (χ1) is 9.56. The molecule has 0 fully saturated rings. The number of benzene rings is 2. The van der Waals surface area contributed by atoms with Crippen LogP contribution in [0.3, 0.4) is 0 Å². The van der Waals surface area contributed by atoms with Crippen molar-refractivity contribution < 1.29 is 9.18 Å². The normalized spacial score (nSPS) is 11.2. The van der Waals surface area contributed by atoms with Crippen LogP contribution in [0.4, 0.5) is 4.39 Å². The molecule has 0 unspecified atom stereocenters. The Morgan fingerprint density at radius 1 is 1.00 bits per heavy atom. The minimum atomic E-state index is -0.280. The number of rotatable bonds is 4. The Morgan fingerprint density at radius 2 is 1.60 bits per heavy atom. The topological polar surface area (TPSA) is 17.1 Å². The first-order valence-electron chi connectivity index (χ1n) is 6.64.